The van der Waals surface area contributed by atoms with E-state index in [1.165, 1.54) is 31.0 Å². The van der Waals surface area contributed by atoms with E-state index in [1.807, 2.05) is 19.1 Å². The van der Waals surface area contributed by atoms with Crippen molar-refractivity contribution in [1.82, 2.24) is 20.3 Å². The molecule has 41 heavy (non-hydrogen) atoms. The second kappa shape index (κ2) is 14.8. The minimum absolute atomic E-state index is 0.0436. The van der Waals surface area contributed by atoms with Crippen LogP contribution in [0.1, 0.15) is 67.1 Å². The fourth-order valence-corrected chi connectivity index (χ4v) is 5.80. The lowest BCUT2D eigenvalue weighted by molar-refractivity contribution is -0.123. The summed E-state index contributed by atoms with van der Waals surface area (Å²) in [6.07, 6.45) is 4.80. The molecular formula is C31H47N5O4S. The van der Waals surface area contributed by atoms with Gasteiger partial charge in [0.15, 0.2) is 0 Å². The number of hydrogen-bond acceptors (Lipinski definition) is 5. The fourth-order valence-electron chi connectivity index (χ4n) is 4.94. The minimum atomic E-state index is -3.72. The van der Waals surface area contributed by atoms with E-state index < -0.39 is 10.2 Å². The van der Waals surface area contributed by atoms with Gasteiger partial charge in [0.2, 0.25) is 5.91 Å². The summed E-state index contributed by atoms with van der Waals surface area (Å²) in [6, 6.07) is 13.2. The van der Waals surface area contributed by atoms with E-state index >= 15 is 0 Å². The molecule has 1 aliphatic heterocycles. The van der Waals surface area contributed by atoms with E-state index in [0.717, 1.165) is 41.1 Å². The molecule has 4 bridgehead atoms. The van der Waals surface area contributed by atoms with Crippen LogP contribution in [-0.4, -0.2) is 70.9 Å². The van der Waals surface area contributed by atoms with Crippen LogP contribution < -0.4 is 20.3 Å². The average molecular weight is 586 g/mol. The zero-order valence-electron chi connectivity index (χ0n) is 25.4. The normalized spacial score (nSPS) is 17.1. The molecule has 0 radical (unpaired) electrons. The number of hydrogen-bond donors (Lipinski definition) is 3. The molecule has 1 heterocycles. The summed E-state index contributed by atoms with van der Waals surface area (Å²) in [4.78, 5) is 26.4. The van der Waals surface area contributed by atoms with Gasteiger partial charge in [-0.3, -0.25) is 13.9 Å². The van der Waals surface area contributed by atoms with Crippen molar-refractivity contribution in [2.24, 2.45) is 5.92 Å². The maximum Gasteiger partial charge on any atom is 0.303 e. The monoisotopic (exact) mass is 585 g/mol. The summed E-state index contributed by atoms with van der Waals surface area (Å²) >= 11 is 0. The average Bonchev–Trinajstić information content (AvgIpc) is 2.93. The molecule has 1 aliphatic rings. The van der Waals surface area contributed by atoms with Gasteiger partial charge in [0.1, 0.15) is 0 Å². The SMILES string of the molecule is CC[C@H](NC[C@@H]1Cc2cccc(c2)CCCCc2cc(cc(N(C)S(=O)(=O)N(C)C)c2)C(=O)N1)C(=O)NCC(C)C. The van der Waals surface area contributed by atoms with E-state index in [-0.39, 0.29) is 23.9 Å². The standard InChI is InChI=1S/C31H47N5O4S/c1-7-29(31(38)33-20-22(2)3)32-21-27-17-24-14-10-13-23(15-24)11-8-9-12-25-16-26(30(37)34-27)19-28(18-25)36(6)41(39,40)35(4)5/h10,13-16,18-19,22,27,29,32H,7-9,11-12,17,20-21H2,1-6H3,(H,33,38)(H,34,37)/t27-,29-/m0/s1. The first-order valence-corrected chi connectivity index (χ1v) is 16.0. The van der Waals surface area contributed by atoms with Crippen LogP contribution in [0.4, 0.5) is 5.69 Å². The molecule has 2 aromatic carbocycles. The maximum absolute atomic E-state index is 13.7. The number of carbonyl (C=O) groups is 2. The van der Waals surface area contributed by atoms with Gasteiger partial charge in [0.25, 0.3) is 5.91 Å². The first-order valence-electron chi connectivity index (χ1n) is 14.6. The molecule has 0 aliphatic carbocycles. The van der Waals surface area contributed by atoms with Crippen LogP contribution in [0, 0.1) is 5.92 Å². The van der Waals surface area contributed by atoms with Crippen molar-refractivity contribution in [3.63, 3.8) is 0 Å². The van der Waals surface area contributed by atoms with Gasteiger partial charge >= 0.3 is 10.2 Å². The third-order valence-electron chi connectivity index (χ3n) is 7.42. The Morgan fingerprint density at radius 1 is 1.02 bits per heavy atom. The Bertz CT molecular complexity index is 1300. The lowest BCUT2D eigenvalue weighted by Crippen LogP contribution is -2.50. The zero-order chi connectivity index (χ0) is 30.2. The van der Waals surface area contributed by atoms with Gasteiger partial charge in [0, 0.05) is 45.8 Å². The van der Waals surface area contributed by atoms with Crippen molar-refractivity contribution >= 4 is 27.7 Å². The van der Waals surface area contributed by atoms with E-state index in [9.17, 15) is 18.0 Å². The molecule has 3 rings (SSSR count). The first kappa shape index (κ1) is 32.6. The highest BCUT2D eigenvalue weighted by Gasteiger charge is 2.24. The molecule has 9 nitrogen and oxygen atoms in total. The highest BCUT2D eigenvalue weighted by molar-refractivity contribution is 7.90. The molecule has 3 N–H and O–H groups in total. The fraction of sp³-hybridized carbons (Fsp3) is 0.548. The molecule has 2 aromatic rings. The van der Waals surface area contributed by atoms with Crippen molar-refractivity contribution in [2.45, 2.75) is 71.4 Å². The molecule has 226 valence electrons. The number of nitrogens with one attached hydrogen (secondary N) is 3. The number of anilines is 1. The predicted molar refractivity (Wildman–Crippen MR) is 165 cm³/mol. The van der Waals surface area contributed by atoms with Gasteiger partial charge < -0.3 is 16.0 Å². The Hall–Kier alpha value is -2.95. The third-order valence-corrected chi connectivity index (χ3v) is 9.25. The van der Waals surface area contributed by atoms with E-state index in [4.69, 9.17) is 0 Å². The molecule has 0 unspecified atom stereocenters. The highest BCUT2D eigenvalue weighted by atomic mass is 32.2. The largest absolute Gasteiger partial charge is 0.354 e. The Kier molecular flexibility index (Phi) is 11.7. The summed E-state index contributed by atoms with van der Waals surface area (Å²) in [5, 5.41) is 9.55. The van der Waals surface area contributed by atoms with E-state index in [0.29, 0.717) is 43.1 Å². The Morgan fingerprint density at radius 2 is 1.71 bits per heavy atom. The smallest absolute Gasteiger partial charge is 0.303 e. The molecule has 0 saturated heterocycles. The molecule has 0 fully saturated rings. The Balaban J connectivity index is 1.91. The van der Waals surface area contributed by atoms with Crippen LogP contribution in [0.15, 0.2) is 42.5 Å². The molecule has 2 atom stereocenters. The summed E-state index contributed by atoms with van der Waals surface area (Å²) in [6.45, 7) is 7.10. The second-order valence-electron chi connectivity index (χ2n) is 11.6. The van der Waals surface area contributed by atoms with Crippen LogP contribution in [0.2, 0.25) is 0 Å². The highest BCUT2D eigenvalue weighted by Crippen LogP contribution is 2.24. The topological polar surface area (TPSA) is 111 Å². The van der Waals surface area contributed by atoms with Gasteiger partial charge in [-0.25, -0.2) is 0 Å². The van der Waals surface area contributed by atoms with Crippen molar-refractivity contribution in [1.29, 1.82) is 0 Å². The van der Waals surface area contributed by atoms with Crippen LogP contribution in [0.3, 0.4) is 0 Å². The molecular weight excluding hydrogens is 538 g/mol. The van der Waals surface area contributed by atoms with Crippen LogP contribution >= 0.6 is 0 Å². The van der Waals surface area contributed by atoms with Gasteiger partial charge in [0.05, 0.1) is 11.7 Å². The van der Waals surface area contributed by atoms with Crippen molar-refractivity contribution in [2.75, 3.05) is 38.5 Å². The second-order valence-corrected chi connectivity index (χ2v) is 13.7. The van der Waals surface area contributed by atoms with Gasteiger partial charge in [-0.1, -0.05) is 45.0 Å². The lowest BCUT2D eigenvalue weighted by Gasteiger charge is -2.26. The first-order chi connectivity index (χ1) is 19.4. The van der Waals surface area contributed by atoms with Crippen LogP contribution in [-0.2, 0) is 34.3 Å². The van der Waals surface area contributed by atoms with E-state index in [1.54, 1.807) is 6.07 Å². The van der Waals surface area contributed by atoms with Crippen molar-refractivity contribution in [3.05, 3.63) is 64.7 Å². The number of rotatable bonds is 10. The molecule has 0 aromatic heterocycles. The minimum Gasteiger partial charge on any atom is -0.354 e. The zero-order valence-corrected chi connectivity index (χ0v) is 26.2. The number of aryl methyl sites for hydroxylation is 2. The molecule has 2 amide bonds. The quantitative estimate of drug-likeness (QED) is 0.396. The maximum atomic E-state index is 13.7. The Labute approximate surface area is 246 Å². The summed E-state index contributed by atoms with van der Waals surface area (Å²) in [7, 11) is 0.754. The molecule has 0 saturated carbocycles. The van der Waals surface area contributed by atoms with Crippen LogP contribution in [0.25, 0.3) is 0 Å². The number of fused-ring (bicyclic) bond motifs is 4. The summed E-state index contributed by atoms with van der Waals surface area (Å²) in [5.41, 5.74) is 4.15. The molecule has 0 spiro atoms. The lowest BCUT2D eigenvalue weighted by atomic mass is 9.97. The third kappa shape index (κ3) is 9.28. The number of carbonyl (C=O) groups excluding carboxylic acids is 2. The molecule has 10 heteroatoms. The summed E-state index contributed by atoms with van der Waals surface area (Å²) < 4.78 is 28.1. The predicted octanol–water partition coefficient (Wildman–Crippen LogP) is 3.29. The van der Waals surface area contributed by atoms with E-state index in [2.05, 4.69) is 54.1 Å². The van der Waals surface area contributed by atoms with Gasteiger partial charge in [-0.2, -0.15) is 12.7 Å². The Morgan fingerprint density at radius 3 is 2.37 bits per heavy atom. The van der Waals surface area contributed by atoms with Crippen molar-refractivity contribution in [3.8, 4) is 0 Å². The number of nitrogens with zero attached hydrogens (tertiary/aromatic N) is 2. The van der Waals surface area contributed by atoms with Crippen molar-refractivity contribution < 1.29 is 18.0 Å². The summed E-state index contributed by atoms with van der Waals surface area (Å²) in [5.74, 6) is 0.0361. The van der Waals surface area contributed by atoms with Gasteiger partial charge in [-0.05, 0) is 79.3 Å². The number of benzene rings is 2. The van der Waals surface area contributed by atoms with Gasteiger partial charge in [-0.15, -0.1) is 0 Å². The number of amides is 2. The van der Waals surface area contributed by atoms with Crippen LogP contribution in [0.5, 0.6) is 0 Å².